The van der Waals surface area contributed by atoms with Crippen LogP contribution in [0.15, 0.2) is 24.3 Å². The van der Waals surface area contributed by atoms with Crippen LogP contribution in [-0.2, 0) is 9.53 Å². The fourth-order valence-corrected chi connectivity index (χ4v) is 1.85. The molecule has 1 aliphatic rings. The van der Waals surface area contributed by atoms with Crippen molar-refractivity contribution in [1.29, 1.82) is 0 Å². The molecule has 1 atom stereocenters. The lowest BCUT2D eigenvalue weighted by Gasteiger charge is -2.25. The minimum atomic E-state index is -0.0591. The molecule has 1 aliphatic heterocycles. The second kappa shape index (κ2) is 5.09. The number of benzene rings is 1. The van der Waals surface area contributed by atoms with E-state index in [0.29, 0.717) is 6.61 Å². The van der Waals surface area contributed by atoms with Gasteiger partial charge < -0.3 is 15.4 Å². The van der Waals surface area contributed by atoms with Crippen LogP contribution in [0.3, 0.4) is 0 Å². The minimum Gasteiger partial charge on any atom is -0.371 e. The number of hydrogen-bond donors (Lipinski definition) is 2. The largest absolute Gasteiger partial charge is 0.371 e. The highest BCUT2D eigenvalue weighted by Gasteiger charge is 2.18. The molecule has 0 aromatic heterocycles. The summed E-state index contributed by atoms with van der Waals surface area (Å²) in [5.41, 5.74) is 1.87. The van der Waals surface area contributed by atoms with Crippen molar-refractivity contribution in [2.45, 2.75) is 13.0 Å². The Kier molecular flexibility index (Phi) is 3.54. The van der Waals surface area contributed by atoms with Crippen molar-refractivity contribution in [2.24, 2.45) is 0 Å². The van der Waals surface area contributed by atoms with E-state index in [9.17, 15) is 4.79 Å². The Morgan fingerprint density at radius 2 is 2.31 bits per heavy atom. The molecule has 2 N–H and O–H groups in total. The first-order chi connectivity index (χ1) is 7.77. The van der Waals surface area contributed by atoms with Crippen LogP contribution in [0.1, 0.15) is 18.6 Å². The standard InChI is InChI=1S/C12H16N2O2/c1-9(15)14-11-5-3-2-4-10(11)12-8-13-6-7-16-12/h2-5,12-13H,6-8H2,1H3,(H,14,15). The summed E-state index contributed by atoms with van der Waals surface area (Å²) in [6, 6.07) is 7.75. The lowest BCUT2D eigenvalue weighted by molar-refractivity contribution is -0.114. The van der Waals surface area contributed by atoms with Crippen LogP contribution in [-0.4, -0.2) is 25.6 Å². The average Bonchev–Trinajstić information content (AvgIpc) is 2.30. The van der Waals surface area contributed by atoms with Gasteiger partial charge in [0.15, 0.2) is 0 Å². The van der Waals surface area contributed by atoms with E-state index in [1.165, 1.54) is 6.92 Å². The van der Waals surface area contributed by atoms with Crippen LogP contribution in [0.25, 0.3) is 0 Å². The highest BCUT2D eigenvalue weighted by atomic mass is 16.5. The van der Waals surface area contributed by atoms with Crippen molar-refractivity contribution in [3.05, 3.63) is 29.8 Å². The third-order valence-electron chi connectivity index (χ3n) is 2.55. The van der Waals surface area contributed by atoms with E-state index in [2.05, 4.69) is 10.6 Å². The smallest absolute Gasteiger partial charge is 0.221 e. The molecule has 0 spiro atoms. The van der Waals surface area contributed by atoms with Gasteiger partial charge in [0.05, 0.1) is 12.7 Å². The van der Waals surface area contributed by atoms with Crippen molar-refractivity contribution in [3.63, 3.8) is 0 Å². The van der Waals surface area contributed by atoms with Crippen molar-refractivity contribution < 1.29 is 9.53 Å². The summed E-state index contributed by atoms with van der Waals surface area (Å²) in [6.45, 7) is 3.89. The molecular formula is C12H16N2O2. The fourth-order valence-electron chi connectivity index (χ4n) is 1.85. The van der Waals surface area contributed by atoms with E-state index in [1.54, 1.807) is 0 Å². The lowest BCUT2D eigenvalue weighted by Crippen LogP contribution is -2.33. The topological polar surface area (TPSA) is 50.4 Å². The monoisotopic (exact) mass is 220 g/mol. The summed E-state index contributed by atoms with van der Waals surface area (Å²) in [7, 11) is 0. The Hall–Kier alpha value is -1.39. The zero-order valence-corrected chi connectivity index (χ0v) is 9.32. The summed E-state index contributed by atoms with van der Waals surface area (Å²) in [4.78, 5) is 11.1. The lowest BCUT2D eigenvalue weighted by atomic mass is 10.1. The van der Waals surface area contributed by atoms with Gasteiger partial charge in [0, 0.05) is 31.3 Å². The number of para-hydroxylation sites is 1. The molecule has 1 aromatic rings. The van der Waals surface area contributed by atoms with E-state index in [4.69, 9.17) is 4.74 Å². The maximum Gasteiger partial charge on any atom is 0.221 e. The van der Waals surface area contributed by atoms with Crippen molar-refractivity contribution in [3.8, 4) is 0 Å². The summed E-state index contributed by atoms with van der Waals surface area (Å²) >= 11 is 0. The molecule has 1 aromatic carbocycles. The number of ether oxygens (including phenoxy) is 1. The van der Waals surface area contributed by atoms with Crippen molar-refractivity contribution >= 4 is 11.6 Å². The molecule has 86 valence electrons. The van der Waals surface area contributed by atoms with Gasteiger partial charge in [0.2, 0.25) is 5.91 Å². The minimum absolute atomic E-state index is 0.0248. The predicted octanol–water partition coefficient (Wildman–Crippen LogP) is 1.31. The van der Waals surface area contributed by atoms with Crippen molar-refractivity contribution in [1.82, 2.24) is 5.32 Å². The molecule has 0 aliphatic carbocycles. The molecule has 2 rings (SSSR count). The van der Waals surface area contributed by atoms with Gasteiger partial charge in [-0.2, -0.15) is 0 Å². The van der Waals surface area contributed by atoms with Gasteiger partial charge in [0.1, 0.15) is 0 Å². The van der Waals surface area contributed by atoms with Gasteiger partial charge >= 0.3 is 0 Å². The first kappa shape index (κ1) is 11.1. The first-order valence-electron chi connectivity index (χ1n) is 5.46. The summed E-state index contributed by atoms with van der Waals surface area (Å²) in [5.74, 6) is -0.0591. The number of nitrogens with one attached hydrogen (secondary N) is 2. The number of anilines is 1. The highest BCUT2D eigenvalue weighted by molar-refractivity contribution is 5.89. The quantitative estimate of drug-likeness (QED) is 0.790. The molecule has 4 nitrogen and oxygen atoms in total. The van der Waals surface area contributed by atoms with Crippen LogP contribution in [0.4, 0.5) is 5.69 Å². The van der Waals surface area contributed by atoms with E-state index in [0.717, 1.165) is 24.3 Å². The van der Waals surface area contributed by atoms with Gasteiger partial charge in [-0.3, -0.25) is 4.79 Å². The molecule has 0 saturated carbocycles. The zero-order chi connectivity index (χ0) is 11.4. The molecule has 1 heterocycles. The number of rotatable bonds is 2. The van der Waals surface area contributed by atoms with E-state index >= 15 is 0 Å². The molecule has 1 saturated heterocycles. The average molecular weight is 220 g/mol. The van der Waals surface area contributed by atoms with Gasteiger partial charge in [0.25, 0.3) is 0 Å². The second-order valence-electron chi connectivity index (χ2n) is 3.83. The maximum atomic E-state index is 11.1. The molecule has 0 bridgehead atoms. The zero-order valence-electron chi connectivity index (χ0n) is 9.32. The summed E-state index contributed by atoms with van der Waals surface area (Å²) in [6.07, 6.45) is 0.0248. The summed E-state index contributed by atoms with van der Waals surface area (Å²) in [5, 5.41) is 6.10. The number of carbonyl (C=O) groups is 1. The Labute approximate surface area is 95.0 Å². The number of amides is 1. The van der Waals surface area contributed by atoms with Crippen LogP contribution in [0.5, 0.6) is 0 Å². The van der Waals surface area contributed by atoms with Gasteiger partial charge in [-0.15, -0.1) is 0 Å². The number of hydrogen-bond acceptors (Lipinski definition) is 3. The molecule has 0 radical (unpaired) electrons. The van der Waals surface area contributed by atoms with Crippen LogP contribution >= 0.6 is 0 Å². The Balaban J connectivity index is 2.20. The molecule has 4 heteroatoms. The van der Waals surface area contributed by atoms with Crippen LogP contribution in [0, 0.1) is 0 Å². The molecule has 1 fully saturated rings. The predicted molar refractivity (Wildman–Crippen MR) is 62.3 cm³/mol. The summed E-state index contributed by atoms with van der Waals surface area (Å²) < 4.78 is 5.67. The molecule has 1 unspecified atom stereocenters. The van der Waals surface area contributed by atoms with Crippen molar-refractivity contribution in [2.75, 3.05) is 25.0 Å². The Bertz CT molecular complexity index is 373. The van der Waals surface area contributed by atoms with Crippen LogP contribution < -0.4 is 10.6 Å². The second-order valence-corrected chi connectivity index (χ2v) is 3.83. The van der Waals surface area contributed by atoms with Gasteiger partial charge in [-0.25, -0.2) is 0 Å². The first-order valence-corrected chi connectivity index (χ1v) is 5.46. The third kappa shape index (κ3) is 2.59. The molecule has 1 amide bonds. The normalized spacial score (nSPS) is 20.4. The van der Waals surface area contributed by atoms with Gasteiger partial charge in [-0.1, -0.05) is 18.2 Å². The Morgan fingerprint density at radius 1 is 1.50 bits per heavy atom. The Morgan fingerprint density at radius 3 is 3.00 bits per heavy atom. The third-order valence-corrected chi connectivity index (χ3v) is 2.55. The molecular weight excluding hydrogens is 204 g/mol. The maximum absolute atomic E-state index is 11.1. The van der Waals surface area contributed by atoms with E-state index in [1.807, 2.05) is 24.3 Å². The van der Waals surface area contributed by atoms with Gasteiger partial charge in [-0.05, 0) is 6.07 Å². The van der Waals surface area contributed by atoms with E-state index in [-0.39, 0.29) is 12.0 Å². The number of morpholine rings is 1. The van der Waals surface area contributed by atoms with Crippen LogP contribution in [0.2, 0.25) is 0 Å². The fraction of sp³-hybridized carbons (Fsp3) is 0.417. The molecule has 16 heavy (non-hydrogen) atoms. The highest BCUT2D eigenvalue weighted by Crippen LogP contribution is 2.26. The SMILES string of the molecule is CC(=O)Nc1ccccc1C1CNCCO1. The van der Waals surface area contributed by atoms with E-state index < -0.39 is 0 Å². The number of carbonyl (C=O) groups excluding carboxylic acids is 1.